The molecule has 0 saturated carbocycles. The van der Waals surface area contributed by atoms with Crippen molar-refractivity contribution in [2.24, 2.45) is 0 Å². The standard InChI is InChI=1S/C28H23F7N6O6S.H2/c1-26(2,3)47-25(43)37-18-13-48(44,45)20-11-17(29)16(22-38-23-21(27(30,31)32)36-8-9-41(23)39-22)10-19(20)40(24(18)42)12-14-4-6-15(7-5-14)46-28(33,34)35;/h4-11,18H,12-13H2,1-3H3,(H,37,43);1H/t18-;/m0./s1. The summed E-state index contributed by atoms with van der Waals surface area (Å²) >= 11 is 0. The molecule has 1 aliphatic heterocycles. The fourth-order valence-electron chi connectivity index (χ4n) is 4.69. The molecule has 12 nitrogen and oxygen atoms in total. The van der Waals surface area contributed by atoms with E-state index in [0.717, 1.165) is 47.6 Å². The minimum absolute atomic E-state index is 0. The number of nitrogens with zero attached hydrogens (tertiary/aromatic N) is 5. The molecule has 2 amide bonds. The molecule has 20 heteroatoms. The molecule has 0 radical (unpaired) electrons. The predicted octanol–water partition coefficient (Wildman–Crippen LogP) is 5.31. The highest BCUT2D eigenvalue weighted by atomic mass is 32.2. The fraction of sp³-hybridized carbons (Fsp3) is 0.321. The molecule has 3 heterocycles. The number of rotatable bonds is 5. The number of ether oxygens (including phenoxy) is 2. The van der Waals surface area contributed by atoms with Gasteiger partial charge < -0.3 is 19.7 Å². The zero-order chi connectivity index (χ0) is 35.4. The third-order valence-electron chi connectivity index (χ3n) is 6.58. The molecule has 1 N–H and O–H groups in total. The molecular weight excluding hydrogens is 681 g/mol. The van der Waals surface area contributed by atoms with Gasteiger partial charge in [-0.25, -0.2) is 32.1 Å². The van der Waals surface area contributed by atoms with Gasteiger partial charge >= 0.3 is 18.6 Å². The quantitative estimate of drug-likeness (QED) is 0.273. The van der Waals surface area contributed by atoms with E-state index in [9.17, 15) is 44.3 Å². The summed E-state index contributed by atoms with van der Waals surface area (Å²) in [5, 5.41) is 6.07. The van der Waals surface area contributed by atoms with Crippen molar-refractivity contribution in [3.63, 3.8) is 0 Å². The molecule has 0 spiro atoms. The Kier molecular flexibility index (Phi) is 8.51. The summed E-state index contributed by atoms with van der Waals surface area (Å²) in [5.41, 5.74) is -4.23. The Balaban J connectivity index is 0.00000541. The SMILES string of the molecule is CC(C)(C)OC(=O)N[C@H]1CS(=O)(=O)c2cc(F)c(-c3nc4c(C(F)(F)F)nccn4n3)cc2N(Cc2ccc(OC(F)(F)F)cc2)C1=O.[HH]. The first-order valence-corrected chi connectivity index (χ1v) is 15.3. The number of alkyl carbamates (subject to hydrolysis) is 1. The van der Waals surface area contributed by atoms with E-state index in [1.54, 1.807) is 0 Å². The van der Waals surface area contributed by atoms with E-state index in [2.05, 4.69) is 25.1 Å². The van der Waals surface area contributed by atoms with E-state index >= 15 is 4.39 Å². The molecule has 0 aliphatic carbocycles. The Labute approximate surface area is 267 Å². The summed E-state index contributed by atoms with van der Waals surface area (Å²) in [5.74, 6) is -4.62. The lowest BCUT2D eigenvalue weighted by molar-refractivity contribution is -0.274. The third kappa shape index (κ3) is 7.42. The van der Waals surface area contributed by atoms with Crippen molar-refractivity contribution in [3.05, 3.63) is 65.9 Å². The number of nitrogens with one attached hydrogen (secondary N) is 1. The van der Waals surface area contributed by atoms with E-state index in [1.807, 2.05) is 0 Å². The van der Waals surface area contributed by atoms with Gasteiger partial charge in [-0.3, -0.25) is 4.79 Å². The van der Waals surface area contributed by atoms with Gasteiger partial charge in [0.2, 0.25) is 0 Å². The van der Waals surface area contributed by atoms with Crippen LogP contribution < -0.4 is 15.0 Å². The number of aromatic nitrogens is 4. The molecular formula is C28H25F7N6O6S. The highest BCUT2D eigenvalue weighted by Gasteiger charge is 2.41. The summed E-state index contributed by atoms with van der Waals surface area (Å²) in [6.45, 7) is 4.00. The van der Waals surface area contributed by atoms with Crippen LogP contribution in [0.1, 0.15) is 33.5 Å². The monoisotopic (exact) mass is 706 g/mol. The number of halogens is 7. The number of carbonyl (C=O) groups is 2. The van der Waals surface area contributed by atoms with Gasteiger partial charge in [-0.15, -0.1) is 18.3 Å². The average Bonchev–Trinajstić information content (AvgIpc) is 3.35. The molecule has 258 valence electrons. The van der Waals surface area contributed by atoms with E-state index in [4.69, 9.17) is 4.74 Å². The fourth-order valence-corrected chi connectivity index (χ4v) is 6.30. The number of alkyl halides is 6. The Morgan fingerprint density at radius 2 is 1.75 bits per heavy atom. The lowest BCUT2D eigenvalue weighted by Crippen LogP contribution is -2.51. The van der Waals surface area contributed by atoms with Crippen molar-refractivity contribution in [1.29, 1.82) is 0 Å². The third-order valence-corrected chi connectivity index (χ3v) is 8.35. The molecule has 0 fully saturated rings. The summed E-state index contributed by atoms with van der Waals surface area (Å²) in [6, 6.07) is 3.72. The second-order valence-corrected chi connectivity index (χ2v) is 13.4. The second kappa shape index (κ2) is 11.9. The van der Waals surface area contributed by atoms with Gasteiger partial charge in [0.1, 0.15) is 23.2 Å². The number of benzene rings is 2. The van der Waals surface area contributed by atoms with Crippen molar-refractivity contribution in [3.8, 4) is 17.1 Å². The minimum atomic E-state index is -5.00. The van der Waals surface area contributed by atoms with Crippen LogP contribution in [0.3, 0.4) is 0 Å². The van der Waals surface area contributed by atoms with E-state index in [-0.39, 0.29) is 6.99 Å². The summed E-state index contributed by atoms with van der Waals surface area (Å²) < 4.78 is 131. The molecule has 2 aromatic carbocycles. The average molecular weight is 707 g/mol. The Morgan fingerprint density at radius 1 is 1.08 bits per heavy atom. The number of fused-ring (bicyclic) bond motifs is 2. The van der Waals surface area contributed by atoms with Gasteiger partial charge in [0.15, 0.2) is 27.0 Å². The largest absolute Gasteiger partial charge is 0.573 e. The molecule has 1 aliphatic rings. The second-order valence-electron chi connectivity index (χ2n) is 11.4. The number of hydrogen-bond donors (Lipinski definition) is 1. The summed E-state index contributed by atoms with van der Waals surface area (Å²) in [7, 11) is -4.60. The first-order valence-electron chi connectivity index (χ1n) is 13.6. The predicted molar refractivity (Wildman–Crippen MR) is 153 cm³/mol. The van der Waals surface area contributed by atoms with Crippen molar-refractivity contribution in [2.75, 3.05) is 10.7 Å². The smallest absolute Gasteiger partial charge is 0.444 e. The van der Waals surface area contributed by atoms with Gasteiger partial charge in [-0.2, -0.15) is 13.2 Å². The maximum atomic E-state index is 15.6. The molecule has 0 saturated heterocycles. The zero-order valence-electron chi connectivity index (χ0n) is 24.8. The zero-order valence-corrected chi connectivity index (χ0v) is 25.7. The Hall–Kier alpha value is -5.01. The van der Waals surface area contributed by atoms with Crippen LogP contribution in [-0.4, -0.2) is 63.8 Å². The lowest BCUT2D eigenvalue weighted by atomic mass is 10.1. The van der Waals surface area contributed by atoms with Gasteiger partial charge in [0.25, 0.3) is 5.91 Å². The molecule has 48 heavy (non-hydrogen) atoms. The van der Waals surface area contributed by atoms with Crippen LogP contribution in [0, 0.1) is 5.82 Å². The van der Waals surface area contributed by atoms with Crippen molar-refractivity contribution in [1.82, 2.24) is 24.9 Å². The normalized spacial score (nSPS) is 16.8. The summed E-state index contributed by atoms with van der Waals surface area (Å²) in [6.07, 6.45) is -9.32. The lowest BCUT2D eigenvalue weighted by Gasteiger charge is -2.27. The first-order chi connectivity index (χ1) is 22.1. The molecule has 0 unspecified atom stereocenters. The number of hydrogen-bond acceptors (Lipinski definition) is 9. The van der Waals surface area contributed by atoms with Crippen LogP contribution in [0.4, 0.5) is 41.2 Å². The van der Waals surface area contributed by atoms with Gasteiger partial charge in [0, 0.05) is 13.8 Å². The Bertz CT molecular complexity index is 2020. The van der Waals surface area contributed by atoms with Crippen LogP contribution in [0.25, 0.3) is 17.0 Å². The van der Waals surface area contributed by atoms with E-state index in [0.29, 0.717) is 10.6 Å². The topological polar surface area (TPSA) is 145 Å². The number of sulfone groups is 1. The van der Waals surface area contributed by atoms with Crippen LogP contribution in [0.15, 0.2) is 53.7 Å². The van der Waals surface area contributed by atoms with Crippen molar-refractivity contribution < 1.29 is 59.6 Å². The van der Waals surface area contributed by atoms with Gasteiger partial charge in [0.05, 0.1) is 28.4 Å². The molecule has 2 aromatic heterocycles. The molecule has 5 rings (SSSR count). The first kappa shape index (κ1) is 34.3. The number of anilines is 1. The Morgan fingerprint density at radius 3 is 2.35 bits per heavy atom. The van der Waals surface area contributed by atoms with Crippen LogP contribution >= 0.6 is 0 Å². The maximum absolute atomic E-state index is 15.6. The van der Waals surface area contributed by atoms with Crippen LogP contribution in [0.5, 0.6) is 5.75 Å². The molecule has 0 bridgehead atoms. The van der Waals surface area contributed by atoms with E-state index < -0.39 is 103 Å². The van der Waals surface area contributed by atoms with E-state index in [1.165, 1.54) is 20.8 Å². The van der Waals surface area contributed by atoms with Crippen molar-refractivity contribution >= 4 is 33.2 Å². The van der Waals surface area contributed by atoms with Crippen LogP contribution in [-0.2, 0) is 32.1 Å². The maximum Gasteiger partial charge on any atom is 0.573 e. The minimum Gasteiger partial charge on any atom is -0.444 e. The summed E-state index contributed by atoms with van der Waals surface area (Å²) in [4.78, 5) is 33.7. The number of amides is 2. The van der Waals surface area contributed by atoms with Gasteiger partial charge in [-0.1, -0.05) is 12.1 Å². The highest BCUT2D eigenvalue weighted by Crippen LogP contribution is 2.38. The molecule has 1 atom stereocenters. The number of carbonyl (C=O) groups excluding carboxylic acids is 2. The van der Waals surface area contributed by atoms with Crippen molar-refractivity contribution in [2.45, 2.75) is 56.4 Å². The van der Waals surface area contributed by atoms with Crippen LogP contribution in [0.2, 0.25) is 0 Å². The van der Waals surface area contributed by atoms with Gasteiger partial charge in [-0.05, 0) is 50.6 Å². The molecule has 4 aromatic rings. The highest BCUT2D eigenvalue weighted by molar-refractivity contribution is 7.91.